The minimum atomic E-state index is 0.604. The molecule has 4 heteroatoms. The van der Waals surface area contributed by atoms with Crippen LogP contribution in [0.1, 0.15) is 49.5 Å². The summed E-state index contributed by atoms with van der Waals surface area (Å²) in [4.78, 5) is 4.75. The van der Waals surface area contributed by atoms with Crippen LogP contribution in [0.5, 0.6) is 0 Å². The summed E-state index contributed by atoms with van der Waals surface area (Å²) in [6.07, 6.45) is 9.85. The second-order valence-corrected chi connectivity index (χ2v) is 6.79. The van der Waals surface area contributed by atoms with Crippen molar-refractivity contribution in [1.82, 2.24) is 15.2 Å². The third kappa shape index (κ3) is 1.97. The Morgan fingerprint density at radius 1 is 1.05 bits per heavy atom. The number of hydrogen-bond donors (Lipinski definition) is 1. The van der Waals surface area contributed by atoms with Crippen LogP contribution in [-0.2, 0) is 6.42 Å². The SMILES string of the molecule is NCCc1nncc(C2C3CC4CC(C3)CC2C4)n1. The van der Waals surface area contributed by atoms with Gasteiger partial charge in [0.05, 0.1) is 11.9 Å². The molecule has 5 rings (SSSR count). The van der Waals surface area contributed by atoms with E-state index < -0.39 is 0 Å². The van der Waals surface area contributed by atoms with Gasteiger partial charge in [0.15, 0.2) is 5.82 Å². The van der Waals surface area contributed by atoms with Crippen molar-refractivity contribution in [2.75, 3.05) is 6.54 Å². The zero-order valence-corrected chi connectivity index (χ0v) is 11.3. The highest BCUT2D eigenvalue weighted by Crippen LogP contribution is 2.59. The fourth-order valence-electron chi connectivity index (χ4n) is 5.16. The maximum absolute atomic E-state index is 5.60. The first-order valence-corrected chi connectivity index (χ1v) is 7.72. The summed E-state index contributed by atoms with van der Waals surface area (Å²) < 4.78 is 0. The largest absolute Gasteiger partial charge is 0.330 e. The van der Waals surface area contributed by atoms with Gasteiger partial charge in [-0.1, -0.05) is 0 Å². The standard InChI is InChI=1S/C15H22N4/c16-2-1-14-18-13(8-17-19-14)15-11-4-9-3-10(6-11)7-12(15)5-9/h8-12,15H,1-7,16H2. The van der Waals surface area contributed by atoms with Crippen molar-refractivity contribution in [3.05, 3.63) is 17.7 Å². The van der Waals surface area contributed by atoms with Crippen LogP contribution in [0.2, 0.25) is 0 Å². The number of aromatic nitrogens is 3. The normalized spacial score (nSPS) is 39.7. The molecule has 4 aliphatic rings. The smallest absolute Gasteiger partial charge is 0.152 e. The molecule has 102 valence electrons. The summed E-state index contributed by atoms with van der Waals surface area (Å²) in [5.74, 6) is 5.22. The molecule has 0 amide bonds. The molecule has 0 aromatic carbocycles. The lowest BCUT2D eigenvalue weighted by molar-refractivity contribution is -0.00441. The van der Waals surface area contributed by atoms with Crippen LogP contribution < -0.4 is 5.73 Å². The van der Waals surface area contributed by atoms with Crippen molar-refractivity contribution >= 4 is 0 Å². The Morgan fingerprint density at radius 3 is 2.37 bits per heavy atom. The van der Waals surface area contributed by atoms with Crippen molar-refractivity contribution in [2.45, 2.75) is 44.4 Å². The number of rotatable bonds is 3. The van der Waals surface area contributed by atoms with Crippen LogP contribution >= 0.6 is 0 Å². The Labute approximate surface area is 114 Å². The van der Waals surface area contributed by atoms with Gasteiger partial charge in [0.2, 0.25) is 0 Å². The zero-order chi connectivity index (χ0) is 12.8. The predicted octanol–water partition coefficient (Wildman–Crippen LogP) is 1.91. The van der Waals surface area contributed by atoms with Gasteiger partial charge in [-0.2, -0.15) is 5.10 Å². The fourth-order valence-corrected chi connectivity index (χ4v) is 5.16. The van der Waals surface area contributed by atoms with E-state index in [1.165, 1.54) is 37.8 Å². The van der Waals surface area contributed by atoms with E-state index >= 15 is 0 Å². The maximum atomic E-state index is 5.60. The average Bonchev–Trinajstić information content (AvgIpc) is 2.38. The van der Waals surface area contributed by atoms with Crippen LogP contribution in [0.15, 0.2) is 6.20 Å². The Morgan fingerprint density at radius 2 is 1.74 bits per heavy atom. The van der Waals surface area contributed by atoms with Crippen LogP contribution in [0, 0.1) is 23.7 Å². The summed E-state index contributed by atoms with van der Waals surface area (Å²) in [6, 6.07) is 0. The first-order chi connectivity index (χ1) is 9.33. The van der Waals surface area contributed by atoms with E-state index in [2.05, 4.69) is 10.2 Å². The van der Waals surface area contributed by atoms with E-state index in [9.17, 15) is 0 Å². The molecule has 4 fully saturated rings. The summed E-state index contributed by atoms with van der Waals surface area (Å²) in [7, 11) is 0. The molecular weight excluding hydrogens is 236 g/mol. The molecule has 4 saturated carbocycles. The van der Waals surface area contributed by atoms with E-state index in [4.69, 9.17) is 10.7 Å². The molecular formula is C15H22N4. The minimum absolute atomic E-state index is 0.604. The molecule has 0 unspecified atom stereocenters. The molecule has 2 N–H and O–H groups in total. The highest BCUT2D eigenvalue weighted by molar-refractivity contribution is 5.14. The number of nitrogens with zero attached hydrogens (tertiary/aromatic N) is 3. The first-order valence-electron chi connectivity index (χ1n) is 7.72. The van der Waals surface area contributed by atoms with Crippen LogP contribution in [0.25, 0.3) is 0 Å². The molecule has 4 bridgehead atoms. The molecule has 0 atom stereocenters. The third-order valence-electron chi connectivity index (χ3n) is 5.56. The highest BCUT2D eigenvalue weighted by Gasteiger charge is 2.49. The highest BCUT2D eigenvalue weighted by atomic mass is 15.1. The first kappa shape index (κ1) is 11.8. The van der Waals surface area contributed by atoms with E-state index in [1.807, 2.05) is 6.20 Å². The van der Waals surface area contributed by atoms with E-state index in [-0.39, 0.29) is 0 Å². The molecule has 19 heavy (non-hydrogen) atoms. The van der Waals surface area contributed by atoms with Crippen LogP contribution in [0.4, 0.5) is 0 Å². The lowest BCUT2D eigenvalue weighted by Gasteiger charge is -2.54. The Bertz CT molecular complexity index is 445. The van der Waals surface area contributed by atoms with Crippen LogP contribution in [-0.4, -0.2) is 21.7 Å². The Kier molecular flexibility index (Phi) is 2.79. The monoisotopic (exact) mass is 258 g/mol. The van der Waals surface area contributed by atoms with Crippen LogP contribution in [0.3, 0.4) is 0 Å². The van der Waals surface area contributed by atoms with Gasteiger partial charge < -0.3 is 5.73 Å². The lowest BCUT2D eigenvalue weighted by atomic mass is 9.51. The van der Waals surface area contributed by atoms with Crippen molar-refractivity contribution in [2.24, 2.45) is 29.4 Å². The Balaban J connectivity index is 1.63. The van der Waals surface area contributed by atoms with Gasteiger partial charge in [0.25, 0.3) is 0 Å². The minimum Gasteiger partial charge on any atom is -0.330 e. The van der Waals surface area contributed by atoms with E-state index in [1.54, 1.807) is 0 Å². The second-order valence-electron chi connectivity index (χ2n) is 6.79. The van der Waals surface area contributed by atoms with Crippen molar-refractivity contribution < 1.29 is 0 Å². The maximum Gasteiger partial charge on any atom is 0.152 e. The summed E-state index contributed by atoms with van der Waals surface area (Å²) in [6.45, 7) is 0.604. The molecule has 1 aromatic heterocycles. The van der Waals surface area contributed by atoms with E-state index in [0.717, 1.165) is 35.9 Å². The van der Waals surface area contributed by atoms with Crippen molar-refractivity contribution in [3.63, 3.8) is 0 Å². The lowest BCUT2D eigenvalue weighted by Crippen LogP contribution is -2.44. The van der Waals surface area contributed by atoms with Gasteiger partial charge in [-0.15, -0.1) is 5.10 Å². The fraction of sp³-hybridized carbons (Fsp3) is 0.800. The van der Waals surface area contributed by atoms with Gasteiger partial charge in [-0.3, -0.25) is 0 Å². The summed E-state index contributed by atoms with van der Waals surface area (Å²) in [5.41, 5.74) is 6.80. The predicted molar refractivity (Wildman–Crippen MR) is 72.4 cm³/mol. The summed E-state index contributed by atoms with van der Waals surface area (Å²) >= 11 is 0. The second kappa shape index (κ2) is 4.51. The molecule has 4 nitrogen and oxygen atoms in total. The quantitative estimate of drug-likeness (QED) is 0.899. The molecule has 4 aliphatic carbocycles. The topological polar surface area (TPSA) is 64.7 Å². The van der Waals surface area contributed by atoms with Gasteiger partial charge in [-0.25, -0.2) is 4.98 Å². The van der Waals surface area contributed by atoms with Crippen molar-refractivity contribution in [1.29, 1.82) is 0 Å². The molecule has 0 aliphatic heterocycles. The third-order valence-corrected chi connectivity index (χ3v) is 5.56. The Hall–Kier alpha value is -1.03. The number of nitrogens with two attached hydrogens (primary N) is 1. The van der Waals surface area contributed by atoms with Gasteiger partial charge in [0.1, 0.15) is 0 Å². The van der Waals surface area contributed by atoms with Gasteiger partial charge >= 0.3 is 0 Å². The summed E-state index contributed by atoms with van der Waals surface area (Å²) in [5, 5.41) is 8.27. The zero-order valence-electron chi connectivity index (χ0n) is 11.3. The number of hydrogen-bond acceptors (Lipinski definition) is 4. The average molecular weight is 258 g/mol. The van der Waals surface area contributed by atoms with E-state index in [0.29, 0.717) is 12.5 Å². The van der Waals surface area contributed by atoms with Gasteiger partial charge in [-0.05, 0) is 62.3 Å². The van der Waals surface area contributed by atoms with Crippen molar-refractivity contribution in [3.8, 4) is 0 Å². The van der Waals surface area contributed by atoms with Gasteiger partial charge in [0, 0.05) is 12.3 Å². The molecule has 0 saturated heterocycles. The molecule has 0 radical (unpaired) electrons. The molecule has 1 heterocycles. The molecule has 1 aromatic rings. The molecule has 0 spiro atoms.